The summed E-state index contributed by atoms with van der Waals surface area (Å²) < 4.78 is 20.9. The predicted molar refractivity (Wildman–Crippen MR) is 109 cm³/mol. The molecule has 0 bridgehead atoms. The summed E-state index contributed by atoms with van der Waals surface area (Å²) in [6.07, 6.45) is 0.922. The third-order valence-corrected chi connectivity index (χ3v) is 5.12. The van der Waals surface area contributed by atoms with Gasteiger partial charge in [0.15, 0.2) is 0 Å². The minimum atomic E-state index is -0.244. The maximum Gasteiger partial charge on any atom is 0.135 e. The lowest BCUT2D eigenvalue weighted by molar-refractivity contribution is 0.302. The maximum absolute atomic E-state index is 14.8. The molecule has 0 aliphatic heterocycles. The minimum Gasteiger partial charge on any atom is -0.489 e. The first kappa shape index (κ1) is 19.1. The molecular weight excluding hydrogens is 337 g/mol. The van der Waals surface area contributed by atoms with Crippen molar-refractivity contribution in [3.8, 4) is 16.9 Å². The van der Waals surface area contributed by atoms with Crippen molar-refractivity contribution in [1.82, 2.24) is 0 Å². The van der Waals surface area contributed by atoms with E-state index in [0.717, 1.165) is 28.9 Å². The Labute approximate surface area is 160 Å². The van der Waals surface area contributed by atoms with Crippen molar-refractivity contribution in [2.45, 2.75) is 40.3 Å². The molecule has 3 rings (SSSR count). The largest absolute Gasteiger partial charge is 0.489 e. The average molecular weight is 363 g/mol. The van der Waals surface area contributed by atoms with Crippen LogP contribution in [-0.2, 0) is 19.6 Å². The second-order valence-electron chi connectivity index (χ2n) is 6.81. The van der Waals surface area contributed by atoms with Crippen LogP contribution < -0.4 is 10.5 Å². The Morgan fingerprint density at radius 3 is 2.41 bits per heavy atom. The Morgan fingerprint density at radius 2 is 1.67 bits per heavy atom. The minimum absolute atomic E-state index is 0.189. The molecule has 0 aromatic heterocycles. The summed E-state index contributed by atoms with van der Waals surface area (Å²) in [5.41, 5.74) is 12.2. The van der Waals surface area contributed by atoms with E-state index < -0.39 is 0 Å². The summed E-state index contributed by atoms with van der Waals surface area (Å²) in [6.45, 7) is 6.89. The van der Waals surface area contributed by atoms with Crippen LogP contribution in [0.15, 0.2) is 54.6 Å². The molecule has 0 saturated carbocycles. The third-order valence-electron chi connectivity index (χ3n) is 5.12. The highest BCUT2D eigenvalue weighted by atomic mass is 19.1. The summed E-state index contributed by atoms with van der Waals surface area (Å²) in [6, 6.07) is 17.5. The number of para-hydroxylation sites is 1. The van der Waals surface area contributed by atoms with E-state index in [1.165, 1.54) is 11.1 Å². The molecule has 2 N–H and O–H groups in total. The fourth-order valence-corrected chi connectivity index (χ4v) is 3.29. The Hall–Kier alpha value is -2.65. The Balaban J connectivity index is 1.95. The fraction of sp³-hybridized carbons (Fsp3) is 0.250. The molecular formula is C24H26FNO. The lowest BCUT2D eigenvalue weighted by Gasteiger charge is -2.16. The van der Waals surface area contributed by atoms with Gasteiger partial charge in [-0.05, 0) is 60.2 Å². The predicted octanol–water partition coefficient (Wildman–Crippen LogP) is 5.71. The topological polar surface area (TPSA) is 35.2 Å². The lowest BCUT2D eigenvalue weighted by atomic mass is 9.94. The number of halogens is 1. The van der Waals surface area contributed by atoms with E-state index in [1.54, 1.807) is 12.1 Å². The van der Waals surface area contributed by atoms with Crippen molar-refractivity contribution in [2.75, 3.05) is 0 Å². The molecule has 0 aliphatic carbocycles. The van der Waals surface area contributed by atoms with Crippen LogP contribution in [-0.4, -0.2) is 0 Å². The number of hydrogen-bond donors (Lipinski definition) is 1. The summed E-state index contributed by atoms with van der Waals surface area (Å²) in [4.78, 5) is 0. The maximum atomic E-state index is 14.8. The standard InChI is InChI=1S/C24H26FNO/c1-4-18-8-5-6-11-23(18)27-15-21-13-20(12-16(2)17(21)3)22-10-7-9-19(14-26)24(22)25/h5-13H,4,14-15,26H2,1-3H3. The van der Waals surface area contributed by atoms with E-state index in [-0.39, 0.29) is 12.4 Å². The Bertz CT molecular complexity index is 949. The van der Waals surface area contributed by atoms with E-state index in [9.17, 15) is 4.39 Å². The number of aryl methyl sites for hydroxylation is 2. The summed E-state index contributed by atoms with van der Waals surface area (Å²) >= 11 is 0. The lowest BCUT2D eigenvalue weighted by Crippen LogP contribution is -2.03. The van der Waals surface area contributed by atoms with Gasteiger partial charge in [0.05, 0.1) is 0 Å². The second kappa shape index (κ2) is 8.36. The van der Waals surface area contributed by atoms with Crippen LogP contribution in [0.5, 0.6) is 5.75 Å². The van der Waals surface area contributed by atoms with Crippen molar-refractivity contribution in [2.24, 2.45) is 5.73 Å². The number of nitrogens with two attached hydrogens (primary N) is 1. The van der Waals surface area contributed by atoms with Gasteiger partial charge in [-0.25, -0.2) is 4.39 Å². The smallest absolute Gasteiger partial charge is 0.135 e. The molecule has 3 aromatic carbocycles. The average Bonchev–Trinajstić information content (AvgIpc) is 2.69. The van der Waals surface area contributed by atoms with Crippen molar-refractivity contribution in [3.05, 3.63) is 88.2 Å². The van der Waals surface area contributed by atoms with Crippen LogP contribution in [0, 0.1) is 19.7 Å². The van der Waals surface area contributed by atoms with E-state index >= 15 is 0 Å². The number of ether oxygens (including phenoxy) is 1. The first-order valence-corrected chi connectivity index (χ1v) is 9.33. The van der Waals surface area contributed by atoms with Gasteiger partial charge in [-0.3, -0.25) is 0 Å². The SMILES string of the molecule is CCc1ccccc1OCc1cc(-c2cccc(CN)c2F)cc(C)c1C. The quantitative estimate of drug-likeness (QED) is 0.609. The van der Waals surface area contributed by atoms with Gasteiger partial charge in [0, 0.05) is 17.7 Å². The Morgan fingerprint density at radius 1 is 0.926 bits per heavy atom. The molecule has 3 aromatic rings. The fourth-order valence-electron chi connectivity index (χ4n) is 3.29. The van der Waals surface area contributed by atoms with Gasteiger partial charge >= 0.3 is 0 Å². The molecule has 0 saturated heterocycles. The third kappa shape index (κ3) is 4.04. The van der Waals surface area contributed by atoms with Crippen LogP contribution in [0.4, 0.5) is 4.39 Å². The second-order valence-corrected chi connectivity index (χ2v) is 6.81. The van der Waals surface area contributed by atoms with Gasteiger partial charge in [-0.2, -0.15) is 0 Å². The monoisotopic (exact) mass is 363 g/mol. The summed E-state index contributed by atoms with van der Waals surface area (Å²) in [5.74, 6) is 0.658. The van der Waals surface area contributed by atoms with Gasteiger partial charge in [0.2, 0.25) is 0 Å². The molecule has 3 heteroatoms. The van der Waals surface area contributed by atoms with Crippen molar-refractivity contribution in [1.29, 1.82) is 0 Å². The van der Waals surface area contributed by atoms with E-state index in [1.807, 2.05) is 43.3 Å². The highest BCUT2D eigenvalue weighted by Crippen LogP contribution is 2.30. The van der Waals surface area contributed by atoms with Gasteiger partial charge in [-0.1, -0.05) is 49.4 Å². The molecule has 0 spiro atoms. The molecule has 0 atom stereocenters. The molecule has 140 valence electrons. The van der Waals surface area contributed by atoms with Crippen LogP contribution in [0.1, 0.15) is 34.7 Å². The van der Waals surface area contributed by atoms with Gasteiger partial charge in [0.25, 0.3) is 0 Å². The van der Waals surface area contributed by atoms with E-state index in [2.05, 4.69) is 19.9 Å². The summed E-state index contributed by atoms with van der Waals surface area (Å²) in [7, 11) is 0. The van der Waals surface area contributed by atoms with Crippen LogP contribution in [0.3, 0.4) is 0 Å². The molecule has 27 heavy (non-hydrogen) atoms. The number of benzene rings is 3. The van der Waals surface area contributed by atoms with Crippen LogP contribution >= 0.6 is 0 Å². The Kier molecular flexibility index (Phi) is 5.92. The molecule has 0 fully saturated rings. The van der Waals surface area contributed by atoms with Gasteiger partial charge in [-0.15, -0.1) is 0 Å². The summed E-state index contributed by atoms with van der Waals surface area (Å²) in [5, 5.41) is 0. The highest BCUT2D eigenvalue weighted by Gasteiger charge is 2.13. The molecule has 0 aliphatic rings. The molecule has 2 nitrogen and oxygen atoms in total. The van der Waals surface area contributed by atoms with Crippen molar-refractivity contribution >= 4 is 0 Å². The van der Waals surface area contributed by atoms with E-state index in [0.29, 0.717) is 17.7 Å². The normalized spacial score (nSPS) is 10.9. The van der Waals surface area contributed by atoms with Crippen LogP contribution in [0.2, 0.25) is 0 Å². The van der Waals surface area contributed by atoms with E-state index in [4.69, 9.17) is 10.5 Å². The first-order valence-electron chi connectivity index (χ1n) is 9.33. The van der Waals surface area contributed by atoms with Crippen molar-refractivity contribution < 1.29 is 9.13 Å². The molecule has 0 radical (unpaired) electrons. The zero-order chi connectivity index (χ0) is 19.4. The highest BCUT2D eigenvalue weighted by molar-refractivity contribution is 5.67. The number of rotatable bonds is 6. The molecule has 0 unspecified atom stereocenters. The van der Waals surface area contributed by atoms with Crippen molar-refractivity contribution in [3.63, 3.8) is 0 Å². The number of hydrogen-bond acceptors (Lipinski definition) is 2. The van der Waals surface area contributed by atoms with Gasteiger partial charge in [0.1, 0.15) is 18.2 Å². The first-order chi connectivity index (χ1) is 13.0. The zero-order valence-electron chi connectivity index (χ0n) is 16.2. The van der Waals surface area contributed by atoms with Crippen LogP contribution in [0.25, 0.3) is 11.1 Å². The molecule has 0 amide bonds. The zero-order valence-corrected chi connectivity index (χ0v) is 16.2. The molecule has 0 heterocycles. The van der Waals surface area contributed by atoms with Gasteiger partial charge < -0.3 is 10.5 Å².